The maximum atomic E-state index is 4.90. The van der Waals surface area contributed by atoms with E-state index in [-0.39, 0.29) is 12.4 Å². The number of hydrogen-bond acceptors (Lipinski definition) is 3. The van der Waals surface area contributed by atoms with Gasteiger partial charge in [-0.1, -0.05) is 6.07 Å². The Kier molecular flexibility index (Phi) is 7.50. The van der Waals surface area contributed by atoms with Crippen LogP contribution in [0.2, 0.25) is 0 Å². The molecule has 0 spiro atoms. The lowest BCUT2D eigenvalue weighted by atomic mass is 10.4. The second-order valence-corrected chi connectivity index (χ2v) is 3.28. The third-order valence-corrected chi connectivity index (χ3v) is 2.24. The van der Waals surface area contributed by atoms with Crippen LogP contribution in [0.15, 0.2) is 17.5 Å². The number of hydrogen-bond donors (Lipinski definition) is 1. The highest BCUT2D eigenvalue weighted by Crippen LogP contribution is 2.06. The lowest BCUT2D eigenvalue weighted by Gasteiger charge is -2.00. The highest BCUT2D eigenvalue weighted by atomic mass is 35.5. The van der Waals surface area contributed by atoms with Crippen molar-refractivity contribution in [2.75, 3.05) is 20.3 Å². The molecule has 0 aliphatic rings. The Hall–Kier alpha value is -0.0900. The highest BCUT2D eigenvalue weighted by molar-refractivity contribution is 7.09. The van der Waals surface area contributed by atoms with Crippen molar-refractivity contribution < 1.29 is 4.74 Å². The number of rotatable bonds is 5. The van der Waals surface area contributed by atoms with E-state index in [1.54, 1.807) is 18.4 Å². The van der Waals surface area contributed by atoms with Gasteiger partial charge < -0.3 is 10.1 Å². The smallest absolute Gasteiger partial charge is 0.0587 e. The van der Waals surface area contributed by atoms with Crippen molar-refractivity contribution in [1.82, 2.24) is 5.32 Å². The zero-order chi connectivity index (χ0) is 7.94. The Morgan fingerprint density at radius 2 is 2.42 bits per heavy atom. The summed E-state index contributed by atoms with van der Waals surface area (Å²) in [6.45, 7) is 2.67. The number of nitrogens with one attached hydrogen (secondary N) is 1. The minimum absolute atomic E-state index is 0. The number of ether oxygens (including phenoxy) is 1. The molecule has 0 atom stereocenters. The molecule has 70 valence electrons. The van der Waals surface area contributed by atoms with Crippen molar-refractivity contribution in [2.24, 2.45) is 0 Å². The highest BCUT2D eigenvalue weighted by Gasteiger charge is 1.90. The second-order valence-electron chi connectivity index (χ2n) is 2.25. The van der Waals surface area contributed by atoms with Crippen LogP contribution in [-0.2, 0) is 11.3 Å². The van der Waals surface area contributed by atoms with Crippen molar-refractivity contribution in [3.05, 3.63) is 22.4 Å². The van der Waals surface area contributed by atoms with E-state index < -0.39 is 0 Å². The van der Waals surface area contributed by atoms with Gasteiger partial charge in [0.05, 0.1) is 6.61 Å². The molecule has 0 saturated carbocycles. The van der Waals surface area contributed by atoms with E-state index in [9.17, 15) is 0 Å². The van der Waals surface area contributed by atoms with Crippen LogP contribution in [-0.4, -0.2) is 20.3 Å². The summed E-state index contributed by atoms with van der Waals surface area (Å²) in [6, 6.07) is 4.20. The maximum absolute atomic E-state index is 4.90. The number of halogens is 1. The van der Waals surface area contributed by atoms with Gasteiger partial charge in [-0.15, -0.1) is 23.7 Å². The Balaban J connectivity index is 0.00000121. The predicted molar refractivity (Wildman–Crippen MR) is 55.1 cm³/mol. The number of thiophene rings is 1. The van der Waals surface area contributed by atoms with Gasteiger partial charge in [0.2, 0.25) is 0 Å². The Labute approximate surface area is 83.3 Å². The molecule has 1 N–H and O–H groups in total. The summed E-state index contributed by atoms with van der Waals surface area (Å²) in [6.07, 6.45) is 0. The van der Waals surface area contributed by atoms with Crippen LogP contribution in [0.4, 0.5) is 0 Å². The first-order chi connectivity index (χ1) is 5.43. The van der Waals surface area contributed by atoms with E-state index in [4.69, 9.17) is 4.74 Å². The van der Waals surface area contributed by atoms with Crippen LogP contribution < -0.4 is 5.32 Å². The third kappa shape index (κ3) is 4.72. The molecule has 1 aromatic rings. The minimum Gasteiger partial charge on any atom is -0.383 e. The molecule has 0 saturated heterocycles. The fourth-order valence-electron chi connectivity index (χ4n) is 0.799. The minimum atomic E-state index is 0. The van der Waals surface area contributed by atoms with E-state index in [0.29, 0.717) is 0 Å². The lowest BCUT2D eigenvalue weighted by Crippen LogP contribution is -2.17. The Bertz CT molecular complexity index is 179. The summed E-state index contributed by atoms with van der Waals surface area (Å²) in [4.78, 5) is 1.38. The molecule has 4 heteroatoms. The van der Waals surface area contributed by atoms with E-state index in [2.05, 4.69) is 22.8 Å². The molecule has 0 amide bonds. The van der Waals surface area contributed by atoms with Gasteiger partial charge in [0.15, 0.2) is 0 Å². The molecule has 1 aromatic heterocycles. The molecule has 2 nitrogen and oxygen atoms in total. The van der Waals surface area contributed by atoms with Gasteiger partial charge in [0.25, 0.3) is 0 Å². The van der Waals surface area contributed by atoms with Crippen LogP contribution in [0.1, 0.15) is 4.88 Å². The molecule has 1 heterocycles. The zero-order valence-electron chi connectivity index (χ0n) is 7.08. The van der Waals surface area contributed by atoms with Gasteiger partial charge >= 0.3 is 0 Å². The SMILES string of the molecule is COCCNCc1cccs1.Cl. The average Bonchev–Trinajstić information content (AvgIpc) is 2.50. The summed E-state index contributed by atoms with van der Waals surface area (Å²) >= 11 is 1.78. The quantitative estimate of drug-likeness (QED) is 0.745. The zero-order valence-corrected chi connectivity index (χ0v) is 8.71. The molecule has 0 aromatic carbocycles. The van der Waals surface area contributed by atoms with Crippen LogP contribution >= 0.6 is 23.7 Å². The second kappa shape index (κ2) is 7.55. The molecule has 0 radical (unpaired) electrons. The summed E-state index contributed by atoms with van der Waals surface area (Å²) < 4.78 is 4.90. The van der Waals surface area contributed by atoms with E-state index in [1.165, 1.54) is 4.88 Å². The molecule has 12 heavy (non-hydrogen) atoms. The van der Waals surface area contributed by atoms with Crippen molar-refractivity contribution in [3.63, 3.8) is 0 Å². The number of methoxy groups -OCH3 is 1. The normalized spacial score (nSPS) is 9.42. The van der Waals surface area contributed by atoms with E-state index in [0.717, 1.165) is 19.7 Å². The van der Waals surface area contributed by atoms with Gasteiger partial charge in [-0.3, -0.25) is 0 Å². The standard InChI is InChI=1S/C8H13NOS.ClH/c1-10-5-4-9-7-8-3-2-6-11-8;/h2-3,6,9H,4-5,7H2,1H3;1H. The van der Waals surface area contributed by atoms with Crippen molar-refractivity contribution in [1.29, 1.82) is 0 Å². The van der Waals surface area contributed by atoms with Crippen LogP contribution in [0, 0.1) is 0 Å². The van der Waals surface area contributed by atoms with Crippen LogP contribution in [0.25, 0.3) is 0 Å². The molecular weight excluding hydrogens is 194 g/mol. The van der Waals surface area contributed by atoms with E-state index in [1.807, 2.05) is 0 Å². The Morgan fingerprint density at radius 1 is 1.58 bits per heavy atom. The van der Waals surface area contributed by atoms with Gasteiger partial charge in [0, 0.05) is 25.1 Å². The summed E-state index contributed by atoms with van der Waals surface area (Å²) in [5.74, 6) is 0. The molecule has 0 unspecified atom stereocenters. The van der Waals surface area contributed by atoms with Crippen molar-refractivity contribution in [2.45, 2.75) is 6.54 Å². The fraction of sp³-hybridized carbons (Fsp3) is 0.500. The van der Waals surface area contributed by atoms with Gasteiger partial charge in [-0.05, 0) is 11.4 Å². The summed E-state index contributed by atoms with van der Waals surface area (Å²) in [5, 5.41) is 5.36. The first kappa shape index (κ1) is 11.9. The molecule has 1 rings (SSSR count). The average molecular weight is 208 g/mol. The Morgan fingerprint density at radius 3 is 3.00 bits per heavy atom. The summed E-state index contributed by atoms with van der Waals surface area (Å²) in [7, 11) is 1.72. The molecular formula is C8H14ClNOS. The summed E-state index contributed by atoms with van der Waals surface area (Å²) in [5.41, 5.74) is 0. The predicted octanol–water partition coefficient (Wildman–Crippen LogP) is 1.91. The largest absolute Gasteiger partial charge is 0.383 e. The lowest BCUT2D eigenvalue weighted by molar-refractivity contribution is 0.199. The molecule has 0 aliphatic carbocycles. The maximum Gasteiger partial charge on any atom is 0.0587 e. The first-order valence-corrected chi connectivity index (χ1v) is 4.53. The molecule has 0 fully saturated rings. The van der Waals surface area contributed by atoms with Crippen molar-refractivity contribution >= 4 is 23.7 Å². The van der Waals surface area contributed by atoms with Crippen LogP contribution in [0.5, 0.6) is 0 Å². The van der Waals surface area contributed by atoms with E-state index >= 15 is 0 Å². The molecule has 0 bridgehead atoms. The first-order valence-electron chi connectivity index (χ1n) is 3.65. The van der Waals surface area contributed by atoms with Gasteiger partial charge in [0.1, 0.15) is 0 Å². The van der Waals surface area contributed by atoms with Gasteiger partial charge in [-0.25, -0.2) is 0 Å². The van der Waals surface area contributed by atoms with Gasteiger partial charge in [-0.2, -0.15) is 0 Å². The third-order valence-electron chi connectivity index (χ3n) is 1.36. The van der Waals surface area contributed by atoms with Crippen molar-refractivity contribution in [3.8, 4) is 0 Å². The van der Waals surface area contributed by atoms with Crippen LogP contribution in [0.3, 0.4) is 0 Å². The monoisotopic (exact) mass is 207 g/mol. The topological polar surface area (TPSA) is 21.3 Å². The fourth-order valence-corrected chi connectivity index (χ4v) is 1.47. The molecule has 0 aliphatic heterocycles.